The van der Waals surface area contributed by atoms with Crippen LogP contribution < -0.4 is 0 Å². The molecule has 2 radical (unpaired) electrons. The van der Waals surface area contributed by atoms with Gasteiger partial charge in [0, 0.05) is 37.7 Å². The summed E-state index contributed by atoms with van der Waals surface area (Å²) in [4.78, 5) is 29.3. The van der Waals surface area contributed by atoms with Crippen molar-refractivity contribution in [1.82, 2.24) is 0 Å². The molecule has 0 amide bonds. The van der Waals surface area contributed by atoms with Crippen molar-refractivity contribution in [2.75, 3.05) is 0 Å². The normalized spacial score (nSPS) is 8.57. The molecule has 1 unspecified atom stereocenters. The standard InChI is InChI=1S/Ca.H4O4Si.H3P/c;1-5(2,3)4;/h;1-4H;1H3. The third kappa shape index (κ3) is 83.9. The Balaban J connectivity index is -0.0000000800. The van der Waals surface area contributed by atoms with Crippen LogP contribution in [0.1, 0.15) is 0 Å². The minimum atomic E-state index is -4.61. The summed E-state index contributed by atoms with van der Waals surface area (Å²) in [5.41, 5.74) is 0. The topological polar surface area (TPSA) is 80.9 Å². The maximum Gasteiger partial charge on any atom is 0.668 e. The van der Waals surface area contributed by atoms with Gasteiger partial charge in [-0.25, -0.2) is 0 Å². The molecular weight excluding hydrogens is 163 g/mol. The second-order valence-corrected chi connectivity index (χ2v) is 1.80. The van der Waals surface area contributed by atoms with Crippen LogP contribution in [0.3, 0.4) is 0 Å². The molecule has 0 aliphatic heterocycles. The minimum Gasteiger partial charge on any atom is -0.368 e. The van der Waals surface area contributed by atoms with Gasteiger partial charge in [-0.05, 0) is 0 Å². The SMILES string of the molecule is O[Si](O)(O)O.P.[Ca]. The molecular formula is H7CaO4PSi. The van der Waals surface area contributed by atoms with Gasteiger partial charge in [-0.1, -0.05) is 0 Å². The Morgan fingerprint density at radius 3 is 0.857 bits per heavy atom. The fourth-order valence-electron chi connectivity index (χ4n) is 0. The molecule has 0 saturated carbocycles. The number of hydrogen-bond acceptors (Lipinski definition) is 4. The van der Waals surface area contributed by atoms with E-state index in [1.807, 2.05) is 0 Å². The molecule has 0 aromatic carbocycles. The van der Waals surface area contributed by atoms with Crippen LogP contribution in [0.5, 0.6) is 0 Å². The van der Waals surface area contributed by atoms with E-state index in [4.69, 9.17) is 19.2 Å². The van der Waals surface area contributed by atoms with Gasteiger partial charge in [-0.2, -0.15) is 9.90 Å². The predicted molar refractivity (Wildman–Crippen MR) is 31.5 cm³/mol. The fraction of sp³-hybridized carbons (Fsp3) is 0. The van der Waals surface area contributed by atoms with Crippen molar-refractivity contribution < 1.29 is 19.2 Å². The van der Waals surface area contributed by atoms with E-state index in [2.05, 4.69) is 0 Å². The van der Waals surface area contributed by atoms with Crippen LogP contribution in [0.2, 0.25) is 0 Å². The molecule has 0 aromatic rings. The van der Waals surface area contributed by atoms with E-state index < -0.39 is 9.05 Å². The zero-order valence-corrected chi connectivity index (χ0v) is 8.33. The summed E-state index contributed by atoms with van der Waals surface area (Å²) < 4.78 is 0. The van der Waals surface area contributed by atoms with Gasteiger partial charge in [0.1, 0.15) is 0 Å². The molecule has 0 fully saturated rings. The predicted octanol–water partition coefficient (Wildman–Crippen LogP) is -2.93. The Bertz CT molecular complexity index is 27.2. The van der Waals surface area contributed by atoms with Crippen molar-refractivity contribution in [3.63, 3.8) is 0 Å². The monoisotopic (exact) mass is 170 g/mol. The molecule has 4 N–H and O–H groups in total. The first-order valence-electron chi connectivity index (χ1n) is 0.894. The smallest absolute Gasteiger partial charge is 0.368 e. The molecule has 0 saturated heterocycles. The summed E-state index contributed by atoms with van der Waals surface area (Å²) in [6.45, 7) is 0. The number of rotatable bonds is 0. The molecule has 0 spiro atoms. The maximum absolute atomic E-state index is 7.33. The van der Waals surface area contributed by atoms with Crippen LogP contribution in [-0.4, -0.2) is 66.0 Å². The molecule has 1 atom stereocenters. The van der Waals surface area contributed by atoms with E-state index in [9.17, 15) is 0 Å². The number of hydrogen-bond donors (Lipinski definition) is 4. The van der Waals surface area contributed by atoms with E-state index in [1.54, 1.807) is 0 Å². The third-order valence-electron chi connectivity index (χ3n) is 0. The van der Waals surface area contributed by atoms with Crippen molar-refractivity contribution in [3.8, 4) is 0 Å². The van der Waals surface area contributed by atoms with Gasteiger partial charge in [-0.3, -0.25) is 0 Å². The Labute approximate surface area is 75.3 Å². The Morgan fingerprint density at radius 1 is 0.857 bits per heavy atom. The quantitative estimate of drug-likeness (QED) is 0.232. The molecule has 42 valence electrons. The van der Waals surface area contributed by atoms with Crippen molar-refractivity contribution in [2.24, 2.45) is 0 Å². The summed E-state index contributed by atoms with van der Waals surface area (Å²) in [5.74, 6) is 0. The molecule has 7 heavy (non-hydrogen) atoms. The van der Waals surface area contributed by atoms with Crippen molar-refractivity contribution in [2.45, 2.75) is 0 Å². The second-order valence-electron chi connectivity index (χ2n) is 0.600. The van der Waals surface area contributed by atoms with Gasteiger partial charge < -0.3 is 19.2 Å². The van der Waals surface area contributed by atoms with Gasteiger partial charge in [0.2, 0.25) is 0 Å². The van der Waals surface area contributed by atoms with Crippen LogP contribution in [0.25, 0.3) is 0 Å². The molecule has 0 aromatic heterocycles. The zero-order valence-electron chi connectivity index (χ0n) is 3.70. The first kappa shape index (κ1) is 15.9. The van der Waals surface area contributed by atoms with Crippen molar-refractivity contribution in [3.05, 3.63) is 0 Å². The Morgan fingerprint density at radius 2 is 0.857 bits per heavy atom. The Kier molecular flexibility index (Phi) is 13.3. The molecule has 4 nitrogen and oxygen atoms in total. The summed E-state index contributed by atoms with van der Waals surface area (Å²) in [5, 5.41) is 0. The van der Waals surface area contributed by atoms with Gasteiger partial charge in [-0.15, -0.1) is 0 Å². The Hall–Kier alpha value is 1.75. The molecule has 0 bridgehead atoms. The van der Waals surface area contributed by atoms with Crippen LogP contribution in [-0.2, 0) is 0 Å². The van der Waals surface area contributed by atoms with E-state index in [1.165, 1.54) is 0 Å². The average molecular weight is 170 g/mol. The molecule has 7 heteroatoms. The third-order valence-corrected chi connectivity index (χ3v) is 0. The summed E-state index contributed by atoms with van der Waals surface area (Å²) in [6.07, 6.45) is 0. The van der Waals surface area contributed by atoms with Crippen LogP contribution in [0, 0.1) is 0 Å². The molecule has 0 aliphatic rings. The van der Waals surface area contributed by atoms with Gasteiger partial charge >= 0.3 is 9.05 Å². The fourth-order valence-corrected chi connectivity index (χ4v) is 0. The summed E-state index contributed by atoms with van der Waals surface area (Å²) in [6, 6.07) is 0. The first-order valence-corrected chi connectivity index (χ1v) is 2.68. The van der Waals surface area contributed by atoms with E-state index in [0.717, 1.165) is 0 Å². The van der Waals surface area contributed by atoms with E-state index >= 15 is 0 Å². The molecule has 0 rings (SSSR count). The van der Waals surface area contributed by atoms with E-state index in [0.29, 0.717) is 0 Å². The van der Waals surface area contributed by atoms with Crippen LogP contribution in [0.15, 0.2) is 0 Å². The average Bonchev–Trinajstić information content (AvgIpc) is 0.722. The molecule has 0 heterocycles. The van der Waals surface area contributed by atoms with Gasteiger partial charge in [0.05, 0.1) is 0 Å². The maximum atomic E-state index is 7.33. The van der Waals surface area contributed by atoms with Crippen LogP contribution in [0.4, 0.5) is 0 Å². The molecule has 0 aliphatic carbocycles. The minimum absolute atomic E-state index is 0. The zero-order chi connectivity index (χ0) is 4.50. The van der Waals surface area contributed by atoms with Gasteiger partial charge in [0.15, 0.2) is 0 Å². The van der Waals surface area contributed by atoms with E-state index in [-0.39, 0.29) is 47.6 Å². The summed E-state index contributed by atoms with van der Waals surface area (Å²) in [7, 11) is -4.61. The largest absolute Gasteiger partial charge is 0.668 e. The van der Waals surface area contributed by atoms with Crippen molar-refractivity contribution in [1.29, 1.82) is 0 Å². The second kappa shape index (κ2) is 5.88. The van der Waals surface area contributed by atoms with Crippen molar-refractivity contribution >= 4 is 56.7 Å². The van der Waals surface area contributed by atoms with Crippen LogP contribution >= 0.6 is 9.90 Å². The summed E-state index contributed by atoms with van der Waals surface area (Å²) >= 11 is 0. The first-order chi connectivity index (χ1) is 2.00. The van der Waals surface area contributed by atoms with Gasteiger partial charge in [0.25, 0.3) is 0 Å².